The predicted molar refractivity (Wildman–Crippen MR) is 79.1 cm³/mol. The lowest BCUT2D eigenvalue weighted by molar-refractivity contribution is -0.119. The minimum absolute atomic E-state index is 0.201. The Morgan fingerprint density at radius 1 is 1.37 bits per heavy atom. The number of benzene rings is 1. The first-order valence-electron chi connectivity index (χ1n) is 6.99. The van der Waals surface area contributed by atoms with Crippen molar-refractivity contribution in [3.8, 4) is 0 Å². The third kappa shape index (κ3) is 3.18. The van der Waals surface area contributed by atoms with Gasteiger partial charge in [-0.15, -0.1) is 0 Å². The summed E-state index contributed by atoms with van der Waals surface area (Å²) in [5.41, 5.74) is 1.43. The van der Waals surface area contributed by atoms with Crippen LogP contribution in [0.1, 0.15) is 37.2 Å². The van der Waals surface area contributed by atoms with Gasteiger partial charge in [-0.3, -0.25) is 4.79 Å². The Morgan fingerprint density at radius 3 is 2.89 bits per heavy atom. The molecule has 1 amide bonds. The molecular formula is C15H19BrN2O. The molecule has 19 heavy (non-hydrogen) atoms. The Kier molecular flexibility index (Phi) is 3.89. The molecular weight excluding hydrogens is 304 g/mol. The number of halogens is 1. The number of hydrogen-bond donors (Lipinski definition) is 2. The summed E-state index contributed by atoms with van der Waals surface area (Å²) in [5.74, 6) is 0.889. The molecule has 1 atom stereocenters. The third-order valence-electron chi connectivity index (χ3n) is 4.20. The molecule has 4 heteroatoms. The molecule has 0 bridgehead atoms. The molecule has 0 radical (unpaired) electrons. The zero-order chi connectivity index (χ0) is 13.2. The lowest BCUT2D eigenvalue weighted by atomic mass is 9.76. The van der Waals surface area contributed by atoms with Gasteiger partial charge in [-0.1, -0.05) is 28.1 Å². The Labute approximate surface area is 122 Å². The van der Waals surface area contributed by atoms with Gasteiger partial charge >= 0.3 is 0 Å². The first-order chi connectivity index (χ1) is 9.20. The molecule has 0 aromatic heterocycles. The zero-order valence-corrected chi connectivity index (χ0v) is 12.4. The highest BCUT2D eigenvalue weighted by Gasteiger charge is 2.31. The van der Waals surface area contributed by atoms with Crippen LogP contribution in [0.4, 0.5) is 0 Å². The smallest absolute Gasteiger partial charge is 0.220 e. The fourth-order valence-electron chi connectivity index (χ4n) is 2.96. The Hall–Kier alpha value is -0.870. The van der Waals surface area contributed by atoms with Gasteiger partial charge < -0.3 is 10.6 Å². The van der Waals surface area contributed by atoms with Crippen molar-refractivity contribution < 1.29 is 4.79 Å². The molecule has 3 rings (SSSR count). The van der Waals surface area contributed by atoms with Gasteiger partial charge in [0, 0.05) is 29.5 Å². The summed E-state index contributed by atoms with van der Waals surface area (Å²) in [6.07, 6.45) is 4.08. The molecule has 2 aliphatic rings. The van der Waals surface area contributed by atoms with Crippen molar-refractivity contribution in [2.75, 3.05) is 6.54 Å². The van der Waals surface area contributed by atoms with Gasteiger partial charge in [-0.2, -0.15) is 0 Å². The highest BCUT2D eigenvalue weighted by molar-refractivity contribution is 9.10. The van der Waals surface area contributed by atoms with E-state index in [1.165, 1.54) is 18.4 Å². The molecule has 1 saturated carbocycles. The first kappa shape index (κ1) is 13.1. The SMILES string of the molecule is O=C1CCC(CNC2CC(c3cccc(Br)c3)C2)N1. The summed E-state index contributed by atoms with van der Waals surface area (Å²) >= 11 is 3.52. The predicted octanol–water partition coefficient (Wildman–Crippen LogP) is 2.56. The maximum atomic E-state index is 11.1. The zero-order valence-electron chi connectivity index (χ0n) is 10.9. The number of carbonyl (C=O) groups excluding carboxylic acids is 1. The number of hydrogen-bond acceptors (Lipinski definition) is 2. The van der Waals surface area contributed by atoms with Crippen molar-refractivity contribution in [3.05, 3.63) is 34.3 Å². The van der Waals surface area contributed by atoms with Crippen molar-refractivity contribution in [1.82, 2.24) is 10.6 Å². The van der Waals surface area contributed by atoms with E-state index in [2.05, 4.69) is 50.8 Å². The lowest BCUT2D eigenvalue weighted by Gasteiger charge is -2.37. The van der Waals surface area contributed by atoms with E-state index in [0.29, 0.717) is 24.4 Å². The second-order valence-corrected chi connectivity index (χ2v) is 6.55. The standard InChI is InChI=1S/C15H19BrN2O/c16-12-3-1-2-10(6-12)11-7-14(8-11)17-9-13-4-5-15(19)18-13/h1-3,6,11,13-14,17H,4-5,7-9H2,(H,18,19). The molecule has 0 spiro atoms. The molecule has 2 fully saturated rings. The summed E-state index contributed by atoms with van der Waals surface area (Å²) in [4.78, 5) is 11.1. The molecule has 1 aromatic carbocycles. The van der Waals surface area contributed by atoms with Crippen molar-refractivity contribution in [2.24, 2.45) is 0 Å². The summed E-state index contributed by atoms with van der Waals surface area (Å²) in [6, 6.07) is 9.56. The van der Waals surface area contributed by atoms with Crippen LogP contribution in [0.15, 0.2) is 28.7 Å². The van der Waals surface area contributed by atoms with Crippen LogP contribution >= 0.6 is 15.9 Å². The van der Waals surface area contributed by atoms with E-state index >= 15 is 0 Å². The molecule has 1 aliphatic carbocycles. The van der Waals surface area contributed by atoms with Gasteiger partial charge in [0.25, 0.3) is 0 Å². The Balaban J connectivity index is 1.42. The van der Waals surface area contributed by atoms with E-state index in [4.69, 9.17) is 0 Å². The number of carbonyl (C=O) groups is 1. The largest absolute Gasteiger partial charge is 0.352 e. The summed E-state index contributed by atoms with van der Waals surface area (Å²) < 4.78 is 1.16. The summed E-state index contributed by atoms with van der Waals surface area (Å²) in [5, 5.41) is 6.57. The third-order valence-corrected chi connectivity index (χ3v) is 4.69. The average molecular weight is 323 g/mol. The van der Waals surface area contributed by atoms with E-state index in [1.807, 2.05) is 0 Å². The van der Waals surface area contributed by atoms with Gasteiger partial charge in [0.05, 0.1) is 0 Å². The number of amides is 1. The average Bonchev–Trinajstić information content (AvgIpc) is 2.73. The minimum Gasteiger partial charge on any atom is -0.352 e. The van der Waals surface area contributed by atoms with Gasteiger partial charge in [-0.05, 0) is 42.9 Å². The van der Waals surface area contributed by atoms with E-state index in [1.54, 1.807) is 0 Å². The van der Waals surface area contributed by atoms with Crippen molar-refractivity contribution in [3.63, 3.8) is 0 Å². The van der Waals surface area contributed by atoms with E-state index in [-0.39, 0.29) is 5.91 Å². The van der Waals surface area contributed by atoms with Gasteiger partial charge in [0.1, 0.15) is 0 Å². The monoisotopic (exact) mass is 322 g/mol. The molecule has 2 N–H and O–H groups in total. The van der Waals surface area contributed by atoms with Gasteiger partial charge in [0.15, 0.2) is 0 Å². The second kappa shape index (κ2) is 5.63. The van der Waals surface area contributed by atoms with Crippen LogP contribution in [0.25, 0.3) is 0 Å². The maximum absolute atomic E-state index is 11.1. The normalized spacial score (nSPS) is 29.9. The molecule has 1 heterocycles. The number of nitrogens with one attached hydrogen (secondary N) is 2. The van der Waals surface area contributed by atoms with E-state index in [0.717, 1.165) is 17.4 Å². The first-order valence-corrected chi connectivity index (χ1v) is 7.78. The van der Waals surface area contributed by atoms with Crippen LogP contribution in [-0.4, -0.2) is 24.5 Å². The topological polar surface area (TPSA) is 41.1 Å². The van der Waals surface area contributed by atoms with Gasteiger partial charge in [-0.25, -0.2) is 0 Å². The van der Waals surface area contributed by atoms with Gasteiger partial charge in [0.2, 0.25) is 5.91 Å². The Bertz CT molecular complexity index is 471. The highest BCUT2D eigenvalue weighted by atomic mass is 79.9. The second-order valence-electron chi connectivity index (χ2n) is 5.63. The lowest BCUT2D eigenvalue weighted by Crippen LogP contribution is -2.45. The van der Waals surface area contributed by atoms with Crippen LogP contribution in [0.5, 0.6) is 0 Å². The fourth-order valence-corrected chi connectivity index (χ4v) is 3.37. The van der Waals surface area contributed by atoms with Crippen LogP contribution in [-0.2, 0) is 4.79 Å². The van der Waals surface area contributed by atoms with Crippen molar-refractivity contribution >= 4 is 21.8 Å². The molecule has 1 aliphatic heterocycles. The van der Waals surface area contributed by atoms with Crippen LogP contribution in [0.3, 0.4) is 0 Å². The van der Waals surface area contributed by atoms with Crippen molar-refractivity contribution in [2.45, 2.75) is 43.7 Å². The highest BCUT2D eigenvalue weighted by Crippen LogP contribution is 2.37. The van der Waals surface area contributed by atoms with Crippen LogP contribution in [0.2, 0.25) is 0 Å². The van der Waals surface area contributed by atoms with E-state index in [9.17, 15) is 4.79 Å². The van der Waals surface area contributed by atoms with Crippen LogP contribution in [0, 0.1) is 0 Å². The molecule has 1 saturated heterocycles. The quantitative estimate of drug-likeness (QED) is 0.894. The molecule has 3 nitrogen and oxygen atoms in total. The van der Waals surface area contributed by atoms with Crippen molar-refractivity contribution in [1.29, 1.82) is 0 Å². The van der Waals surface area contributed by atoms with E-state index < -0.39 is 0 Å². The molecule has 1 aromatic rings. The number of rotatable bonds is 4. The van der Waals surface area contributed by atoms with Crippen LogP contribution < -0.4 is 10.6 Å². The minimum atomic E-state index is 0.201. The summed E-state index contributed by atoms with van der Waals surface area (Å²) in [7, 11) is 0. The summed E-state index contributed by atoms with van der Waals surface area (Å²) in [6.45, 7) is 0.918. The Morgan fingerprint density at radius 2 is 2.21 bits per heavy atom. The molecule has 1 unspecified atom stereocenters. The molecule has 102 valence electrons. The maximum Gasteiger partial charge on any atom is 0.220 e. The fraction of sp³-hybridized carbons (Fsp3) is 0.533.